The van der Waals surface area contributed by atoms with Gasteiger partial charge in [0.25, 0.3) is 5.91 Å². The number of methoxy groups -OCH3 is 1. The van der Waals surface area contributed by atoms with Gasteiger partial charge in [0.2, 0.25) is 0 Å². The number of nitrogens with one attached hydrogen (secondary N) is 1. The number of Topliss-reactive ketones (excluding diaryl/α,β-unsaturated/α-hetero) is 1. The molecule has 2 N–H and O–H groups in total. The molecule has 0 heterocycles. The zero-order valence-electron chi connectivity index (χ0n) is 12.7. The predicted octanol–water partition coefficient (Wildman–Crippen LogP) is 2.33. The van der Waals surface area contributed by atoms with Crippen molar-refractivity contribution in [1.29, 1.82) is 0 Å². The first-order valence-electron chi connectivity index (χ1n) is 7.37. The van der Waals surface area contributed by atoms with E-state index in [1.807, 2.05) is 6.07 Å². The van der Waals surface area contributed by atoms with Gasteiger partial charge in [0.05, 0.1) is 7.11 Å². The maximum Gasteiger partial charge on any atom is 0.251 e. The van der Waals surface area contributed by atoms with Crippen LogP contribution < -0.4 is 10.1 Å². The molecule has 0 fully saturated rings. The molecule has 2 aromatic carbocycles. The Hall–Kier alpha value is -2.82. The molecule has 1 aliphatic carbocycles. The molecule has 1 atom stereocenters. The summed E-state index contributed by atoms with van der Waals surface area (Å²) in [5.41, 5.74) is 1.83. The topological polar surface area (TPSA) is 75.6 Å². The van der Waals surface area contributed by atoms with Crippen LogP contribution in [0.4, 0.5) is 0 Å². The Labute approximate surface area is 133 Å². The smallest absolute Gasteiger partial charge is 0.251 e. The zero-order valence-corrected chi connectivity index (χ0v) is 12.7. The van der Waals surface area contributed by atoms with Gasteiger partial charge >= 0.3 is 0 Å². The van der Waals surface area contributed by atoms with Crippen molar-refractivity contribution in [3.63, 3.8) is 0 Å². The fraction of sp³-hybridized carbons (Fsp3) is 0.222. The Morgan fingerprint density at radius 1 is 1.22 bits per heavy atom. The third-order valence-electron chi connectivity index (χ3n) is 3.97. The highest BCUT2D eigenvalue weighted by Gasteiger charge is 2.28. The number of phenols is 1. The molecule has 0 saturated heterocycles. The van der Waals surface area contributed by atoms with Crippen LogP contribution in [0.25, 0.3) is 0 Å². The van der Waals surface area contributed by atoms with Crippen LogP contribution in [-0.4, -0.2) is 29.9 Å². The normalized spacial score (nSPS) is 16.6. The SMILES string of the molecule is COc1cc2c(cc1O)C[C@@H](NC(=O)c1ccccc1)CC2=O. The fourth-order valence-corrected chi connectivity index (χ4v) is 2.84. The Morgan fingerprint density at radius 2 is 1.96 bits per heavy atom. The van der Waals surface area contributed by atoms with Gasteiger partial charge in [-0.1, -0.05) is 18.2 Å². The quantitative estimate of drug-likeness (QED) is 0.912. The van der Waals surface area contributed by atoms with E-state index in [1.165, 1.54) is 13.2 Å². The third-order valence-corrected chi connectivity index (χ3v) is 3.97. The molecule has 1 aliphatic rings. The van der Waals surface area contributed by atoms with Crippen molar-refractivity contribution in [2.24, 2.45) is 0 Å². The molecule has 23 heavy (non-hydrogen) atoms. The highest BCUT2D eigenvalue weighted by molar-refractivity contribution is 6.01. The molecule has 2 aromatic rings. The van der Waals surface area contributed by atoms with Crippen LogP contribution in [0, 0.1) is 0 Å². The zero-order chi connectivity index (χ0) is 16.4. The third kappa shape index (κ3) is 3.04. The number of amides is 1. The molecule has 1 amide bonds. The molecular formula is C18H17NO4. The Morgan fingerprint density at radius 3 is 2.65 bits per heavy atom. The number of carbonyl (C=O) groups excluding carboxylic acids is 2. The van der Waals surface area contributed by atoms with Gasteiger partial charge in [-0.25, -0.2) is 0 Å². The summed E-state index contributed by atoms with van der Waals surface area (Å²) in [6, 6.07) is 11.7. The standard InChI is InChI=1S/C18H17NO4/c1-23-17-10-14-12(8-16(17)21)7-13(9-15(14)20)19-18(22)11-5-3-2-4-6-11/h2-6,8,10,13,21H,7,9H2,1H3,(H,19,22)/t13-/m1/s1. The number of hydrogen-bond acceptors (Lipinski definition) is 4. The minimum absolute atomic E-state index is 0.00548. The molecule has 0 saturated carbocycles. The molecule has 5 heteroatoms. The van der Waals surface area contributed by atoms with E-state index < -0.39 is 0 Å². The lowest BCUT2D eigenvalue weighted by molar-refractivity contribution is 0.0904. The van der Waals surface area contributed by atoms with Gasteiger partial charge in [-0.05, 0) is 36.2 Å². The average Bonchev–Trinajstić information content (AvgIpc) is 2.55. The summed E-state index contributed by atoms with van der Waals surface area (Å²) in [7, 11) is 1.44. The summed E-state index contributed by atoms with van der Waals surface area (Å²) >= 11 is 0. The van der Waals surface area contributed by atoms with E-state index in [9.17, 15) is 14.7 Å². The second-order valence-corrected chi connectivity index (χ2v) is 5.55. The van der Waals surface area contributed by atoms with E-state index in [2.05, 4.69) is 5.32 Å². The van der Waals surface area contributed by atoms with E-state index >= 15 is 0 Å². The van der Waals surface area contributed by atoms with E-state index in [1.54, 1.807) is 30.3 Å². The van der Waals surface area contributed by atoms with E-state index in [0.717, 1.165) is 5.56 Å². The summed E-state index contributed by atoms with van der Waals surface area (Å²) < 4.78 is 5.04. The van der Waals surface area contributed by atoms with Crippen LogP contribution in [0.5, 0.6) is 11.5 Å². The molecule has 0 spiro atoms. The summed E-state index contributed by atoms with van der Waals surface area (Å²) in [6.07, 6.45) is 0.733. The predicted molar refractivity (Wildman–Crippen MR) is 85.0 cm³/mol. The number of phenolic OH excluding ortho intramolecular Hbond substituents is 1. The van der Waals surface area contributed by atoms with Crippen molar-refractivity contribution in [2.45, 2.75) is 18.9 Å². The first kappa shape index (κ1) is 15.1. The van der Waals surface area contributed by atoms with Crippen LogP contribution in [0.2, 0.25) is 0 Å². The number of aromatic hydroxyl groups is 1. The molecule has 118 valence electrons. The van der Waals surface area contributed by atoms with Gasteiger partial charge in [-0.15, -0.1) is 0 Å². The van der Waals surface area contributed by atoms with Crippen LogP contribution in [-0.2, 0) is 6.42 Å². The monoisotopic (exact) mass is 311 g/mol. The lowest BCUT2D eigenvalue weighted by Gasteiger charge is -2.25. The lowest BCUT2D eigenvalue weighted by atomic mass is 9.86. The Bertz CT molecular complexity index is 755. The summed E-state index contributed by atoms with van der Waals surface area (Å²) in [5, 5.41) is 12.8. The van der Waals surface area contributed by atoms with E-state index in [0.29, 0.717) is 17.5 Å². The van der Waals surface area contributed by atoms with Crippen molar-refractivity contribution in [2.75, 3.05) is 7.11 Å². The lowest BCUT2D eigenvalue weighted by Crippen LogP contribution is -2.40. The molecule has 0 unspecified atom stereocenters. The maximum atomic E-state index is 12.3. The second-order valence-electron chi connectivity index (χ2n) is 5.55. The summed E-state index contributed by atoms with van der Waals surface area (Å²) in [6.45, 7) is 0. The van der Waals surface area contributed by atoms with Gasteiger partial charge in [0.1, 0.15) is 0 Å². The largest absolute Gasteiger partial charge is 0.504 e. The van der Waals surface area contributed by atoms with Crippen LogP contribution in [0.1, 0.15) is 32.7 Å². The van der Waals surface area contributed by atoms with Crippen molar-refractivity contribution in [3.8, 4) is 11.5 Å². The minimum atomic E-state index is -0.282. The number of carbonyl (C=O) groups is 2. The average molecular weight is 311 g/mol. The Balaban J connectivity index is 1.80. The highest BCUT2D eigenvalue weighted by Crippen LogP contribution is 2.33. The molecule has 0 aromatic heterocycles. The number of fused-ring (bicyclic) bond motifs is 1. The second kappa shape index (κ2) is 6.12. The molecule has 0 aliphatic heterocycles. The maximum absolute atomic E-state index is 12.3. The first-order valence-corrected chi connectivity index (χ1v) is 7.37. The van der Waals surface area contributed by atoms with Gasteiger partial charge in [-0.2, -0.15) is 0 Å². The van der Waals surface area contributed by atoms with Crippen molar-refractivity contribution >= 4 is 11.7 Å². The van der Waals surface area contributed by atoms with E-state index in [4.69, 9.17) is 4.74 Å². The van der Waals surface area contributed by atoms with Crippen LogP contribution in [0.3, 0.4) is 0 Å². The van der Waals surface area contributed by atoms with Gasteiger partial charge in [0.15, 0.2) is 17.3 Å². The summed E-state index contributed by atoms with van der Waals surface area (Å²) in [5.74, 6) is 0.00505. The number of benzene rings is 2. The summed E-state index contributed by atoms with van der Waals surface area (Å²) in [4.78, 5) is 24.5. The van der Waals surface area contributed by atoms with Crippen LogP contribution >= 0.6 is 0 Å². The highest BCUT2D eigenvalue weighted by atomic mass is 16.5. The van der Waals surface area contributed by atoms with Crippen LogP contribution in [0.15, 0.2) is 42.5 Å². The van der Waals surface area contributed by atoms with E-state index in [-0.39, 0.29) is 35.7 Å². The molecule has 3 rings (SSSR count). The van der Waals surface area contributed by atoms with Gasteiger partial charge < -0.3 is 15.2 Å². The minimum Gasteiger partial charge on any atom is -0.504 e. The van der Waals surface area contributed by atoms with Gasteiger partial charge in [-0.3, -0.25) is 9.59 Å². The molecule has 5 nitrogen and oxygen atoms in total. The Kier molecular flexibility index (Phi) is 4.02. The van der Waals surface area contributed by atoms with Crippen molar-refractivity contribution in [1.82, 2.24) is 5.32 Å². The molecular weight excluding hydrogens is 294 g/mol. The number of rotatable bonds is 3. The van der Waals surface area contributed by atoms with Crippen molar-refractivity contribution < 1.29 is 19.4 Å². The molecule has 0 radical (unpaired) electrons. The molecule has 0 bridgehead atoms. The number of hydrogen-bond donors (Lipinski definition) is 2. The number of ether oxygens (including phenoxy) is 1. The number of ketones is 1. The fourth-order valence-electron chi connectivity index (χ4n) is 2.84. The van der Waals surface area contributed by atoms with Crippen molar-refractivity contribution in [3.05, 3.63) is 59.2 Å². The van der Waals surface area contributed by atoms with Gasteiger partial charge in [0, 0.05) is 23.6 Å². The first-order chi connectivity index (χ1) is 11.1.